The molecule has 2 aromatic carbocycles. The minimum absolute atomic E-state index is 0.232. The number of nitrogens with one attached hydrogen (secondary N) is 1. The molecule has 0 bridgehead atoms. The highest BCUT2D eigenvalue weighted by atomic mass is 35.5. The van der Waals surface area contributed by atoms with Gasteiger partial charge in [0.25, 0.3) is 0 Å². The number of rotatable bonds is 3. The Labute approximate surface area is 154 Å². The molecule has 25 heavy (non-hydrogen) atoms. The Morgan fingerprint density at radius 2 is 2.00 bits per heavy atom. The minimum atomic E-state index is -0.232. The third-order valence-corrected chi connectivity index (χ3v) is 4.55. The molecule has 0 spiro atoms. The van der Waals surface area contributed by atoms with Crippen molar-refractivity contribution in [1.29, 1.82) is 0 Å². The van der Waals surface area contributed by atoms with Gasteiger partial charge in [0.2, 0.25) is 5.95 Å². The summed E-state index contributed by atoms with van der Waals surface area (Å²) in [4.78, 5) is 0. The van der Waals surface area contributed by atoms with Crippen molar-refractivity contribution in [3.05, 3.63) is 69.7 Å². The lowest BCUT2D eigenvalue weighted by Gasteiger charge is -2.25. The number of fused-ring (bicyclic) bond motifs is 1. The molecule has 1 N–H and O–H groups in total. The van der Waals surface area contributed by atoms with E-state index in [1.165, 1.54) is 0 Å². The van der Waals surface area contributed by atoms with E-state index in [2.05, 4.69) is 20.8 Å². The molecule has 4 rings (SSSR count). The van der Waals surface area contributed by atoms with Crippen LogP contribution in [0.5, 0.6) is 5.75 Å². The van der Waals surface area contributed by atoms with Crippen LogP contribution in [0.4, 0.5) is 5.95 Å². The maximum Gasteiger partial charge on any atom is 0.248 e. The molecule has 0 amide bonds. The highest BCUT2D eigenvalue weighted by Crippen LogP contribution is 2.37. The maximum absolute atomic E-state index is 6.37. The van der Waals surface area contributed by atoms with Gasteiger partial charge < -0.3 is 10.1 Å². The number of anilines is 1. The zero-order valence-corrected chi connectivity index (χ0v) is 14.7. The molecule has 8 heteroatoms. The van der Waals surface area contributed by atoms with Crippen molar-refractivity contribution in [1.82, 2.24) is 20.2 Å². The Morgan fingerprint density at radius 3 is 2.80 bits per heavy atom. The Kier molecular flexibility index (Phi) is 4.07. The van der Waals surface area contributed by atoms with Gasteiger partial charge in [-0.25, -0.2) is 0 Å². The Morgan fingerprint density at radius 1 is 1.16 bits per heavy atom. The van der Waals surface area contributed by atoms with E-state index in [-0.39, 0.29) is 6.04 Å². The van der Waals surface area contributed by atoms with Crippen molar-refractivity contribution in [2.24, 2.45) is 0 Å². The molecule has 2 heterocycles. The van der Waals surface area contributed by atoms with Gasteiger partial charge in [-0.3, -0.25) is 0 Å². The minimum Gasteiger partial charge on any atom is -0.496 e. The van der Waals surface area contributed by atoms with Gasteiger partial charge in [0.1, 0.15) is 11.8 Å². The first kappa shape index (κ1) is 15.9. The summed E-state index contributed by atoms with van der Waals surface area (Å²) in [5, 5.41) is 16.3. The number of tetrazole rings is 1. The molecule has 3 aromatic rings. The topological polar surface area (TPSA) is 64.9 Å². The van der Waals surface area contributed by atoms with Gasteiger partial charge in [0, 0.05) is 21.8 Å². The number of benzene rings is 2. The molecule has 1 aliphatic heterocycles. The molecule has 6 nitrogen and oxygen atoms in total. The summed E-state index contributed by atoms with van der Waals surface area (Å²) >= 11 is 12.4. The number of allylic oxidation sites excluding steroid dienone is 1. The van der Waals surface area contributed by atoms with Gasteiger partial charge in [-0.1, -0.05) is 46.5 Å². The Balaban J connectivity index is 1.86. The van der Waals surface area contributed by atoms with Gasteiger partial charge in [0.15, 0.2) is 0 Å². The van der Waals surface area contributed by atoms with E-state index in [4.69, 9.17) is 27.9 Å². The maximum atomic E-state index is 6.37. The van der Waals surface area contributed by atoms with Crippen LogP contribution in [0.25, 0.3) is 5.70 Å². The monoisotopic (exact) mass is 373 g/mol. The molecule has 1 aromatic heterocycles. The van der Waals surface area contributed by atoms with E-state index in [9.17, 15) is 0 Å². The predicted octanol–water partition coefficient (Wildman–Crippen LogP) is 4.04. The molecule has 0 saturated heterocycles. The lowest BCUT2D eigenvalue weighted by atomic mass is 10.0. The molecule has 1 aliphatic rings. The van der Waals surface area contributed by atoms with E-state index in [1.807, 2.05) is 36.4 Å². The highest BCUT2D eigenvalue weighted by Gasteiger charge is 2.27. The van der Waals surface area contributed by atoms with Gasteiger partial charge in [-0.2, -0.15) is 4.68 Å². The first-order chi connectivity index (χ1) is 12.2. The summed E-state index contributed by atoms with van der Waals surface area (Å²) in [7, 11) is 1.64. The number of aromatic nitrogens is 4. The van der Waals surface area contributed by atoms with Crippen LogP contribution in [0.1, 0.15) is 17.2 Å². The molecule has 126 valence electrons. The number of halogens is 2. The van der Waals surface area contributed by atoms with Crippen LogP contribution in [0, 0.1) is 0 Å². The summed E-state index contributed by atoms with van der Waals surface area (Å²) in [5.41, 5.74) is 2.57. The number of nitrogens with zero attached hydrogens (tertiary/aromatic N) is 4. The van der Waals surface area contributed by atoms with Crippen LogP contribution in [0.3, 0.4) is 0 Å². The van der Waals surface area contributed by atoms with E-state index >= 15 is 0 Å². The molecular formula is C17H13Cl2N5O. The van der Waals surface area contributed by atoms with Crippen molar-refractivity contribution in [2.45, 2.75) is 6.04 Å². The fourth-order valence-electron chi connectivity index (χ4n) is 2.85. The van der Waals surface area contributed by atoms with Crippen molar-refractivity contribution < 1.29 is 4.74 Å². The van der Waals surface area contributed by atoms with E-state index in [0.29, 0.717) is 16.0 Å². The lowest BCUT2D eigenvalue weighted by molar-refractivity contribution is 0.403. The van der Waals surface area contributed by atoms with Gasteiger partial charge >= 0.3 is 0 Å². The predicted molar refractivity (Wildman–Crippen MR) is 97.0 cm³/mol. The largest absolute Gasteiger partial charge is 0.496 e. The zero-order valence-electron chi connectivity index (χ0n) is 13.1. The molecule has 0 aliphatic carbocycles. The fourth-order valence-corrected chi connectivity index (χ4v) is 3.36. The van der Waals surface area contributed by atoms with Crippen LogP contribution in [-0.4, -0.2) is 27.3 Å². The second-order valence-corrected chi connectivity index (χ2v) is 6.31. The van der Waals surface area contributed by atoms with Gasteiger partial charge in [0.05, 0.1) is 12.1 Å². The van der Waals surface area contributed by atoms with E-state index < -0.39 is 0 Å². The summed E-state index contributed by atoms with van der Waals surface area (Å²) in [6.45, 7) is 0. The Hall–Kier alpha value is -2.57. The molecule has 1 atom stereocenters. The molecule has 0 saturated carbocycles. The van der Waals surface area contributed by atoms with Crippen molar-refractivity contribution >= 4 is 34.8 Å². The smallest absolute Gasteiger partial charge is 0.248 e. The van der Waals surface area contributed by atoms with Crippen molar-refractivity contribution in [3.8, 4) is 5.75 Å². The number of hydrogen-bond donors (Lipinski definition) is 1. The third kappa shape index (κ3) is 2.83. The Bertz CT molecular complexity index is 969. The number of hydrogen-bond acceptors (Lipinski definition) is 5. The van der Waals surface area contributed by atoms with Crippen LogP contribution < -0.4 is 10.1 Å². The summed E-state index contributed by atoms with van der Waals surface area (Å²) in [5.74, 6) is 1.29. The van der Waals surface area contributed by atoms with Crippen LogP contribution in [0.2, 0.25) is 10.0 Å². The summed E-state index contributed by atoms with van der Waals surface area (Å²) < 4.78 is 7.20. The highest BCUT2D eigenvalue weighted by molar-refractivity contribution is 6.35. The fraction of sp³-hybridized carbons (Fsp3) is 0.118. The van der Waals surface area contributed by atoms with Gasteiger partial charge in [-0.05, 0) is 40.8 Å². The average Bonchev–Trinajstić information content (AvgIpc) is 3.09. The number of methoxy groups -OCH3 is 1. The average molecular weight is 374 g/mol. The molecular weight excluding hydrogens is 361 g/mol. The SMILES string of the molecule is COc1ccccc1C1C=C(c2ccc(Cl)cc2Cl)Nc2nnnn21. The third-order valence-electron chi connectivity index (χ3n) is 4.01. The first-order valence-corrected chi connectivity index (χ1v) is 8.28. The van der Waals surface area contributed by atoms with Crippen LogP contribution >= 0.6 is 23.2 Å². The van der Waals surface area contributed by atoms with Crippen LogP contribution in [0.15, 0.2) is 48.5 Å². The standard InChI is InChI=1S/C17H13Cl2N5O/c1-25-16-5-3-2-4-12(16)15-9-14(20-17-21-22-23-24(15)17)11-7-6-10(18)8-13(11)19/h2-9,15H,1H3,(H,20,21,23). The van der Waals surface area contributed by atoms with E-state index in [0.717, 1.165) is 22.6 Å². The zero-order chi connectivity index (χ0) is 17.4. The quantitative estimate of drug-likeness (QED) is 0.750. The molecule has 1 unspecified atom stereocenters. The number of ether oxygens (including phenoxy) is 1. The normalized spacial score (nSPS) is 16.0. The van der Waals surface area contributed by atoms with Crippen molar-refractivity contribution in [3.63, 3.8) is 0 Å². The molecule has 0 fully saturated rings. The molecule has 0 radical (unpaired) electrons. The lowest BCUT2D eigenvalue weighted by Crippen LogP contribution is -2.20. The number of para-hydroxylation sites is 1. The second kappa shape index (κ2) is 6.38. The van der Waals surface area contributed by atoms with E-state index in [1.54, 1.807) is 23.9 Å². The first-order valence-electron chi connectivity index (χ1n) is 7.52. The van der Waals surface area contributed by atoms with Gasteiger partial charge in [-0.15, -0.1) is 0 Å². The van der Waals surface area contributed by atoms with Crippen LogP contribution in [-0.2, 0) is 0 Å². The summed E-state index contributed by atoms with van der Waals surface area (Å²) in [6.07, 6.45) is 2.01. The van der Waals surface area contributed by atoms with Crippen molar-refractivity contribution in [2.75, 3.05) is 12.4 Å². The summed E-state index contributed by atoms with van der Waals surface area (Å²) in [6, 6.07) is 12.9. The second-order valence-electron chi connectivity index (χ2n) is 5.46.